The van der Waals surface area contributed by atoms with Crippen molar-refractivity contribution in [1.29, 1.82) is 0 Å². The van der Waals surface area contributed by atoms with E-state index in [-0.39, 0.29) is 24.0 Å². The topological polar surface area (TPSA) is 58.5 Å². The van der Waals surface area contributed by atoms with E-state index in [9.17, 15) is 0 Å². The third-order valence-electron chi connectivity index (χ3n) is 5.55. The zero-order chi connectivity index (χ0) is 17.0. The molecule has 2 fully saturated rings. The molecule has 2 aliphatic rings. The molecule has 2 atom stereocenters. The second kappa shape index (κ2) is 9.50. The van der Waals surface area contributed by atoms with E-state index in [1.165, 1.54) is 29.1 Å². The van der Waals surface area contributed by atoms with Gasteiger partial charge in [0.1, 0.15) is 0 Å². The van der Waals surface area contributed by atoms with Gasteiger partial charge in [0.15, 0.2) is 5.96 Å². The largest absolute Gasteiger partial charge is 0.378 e. The average molecular weight is 478 g/mol. The number of aliphatic imine (C=N–C) groups is 1. The second-order valence-electron chi connectivity index (χ2n) is 6.79. The van der Waals surface area contributed by atoms with Crippen LogP contribution in [0, 0.1) is 5.41 Å². The molecule has 0 aromatic carbocycles. The summed E-state index contributed by atoms with van der Waals surface area (Å²) in [7, 11) is 1.85. The molecule has 2 aliphatic carbocycles. The fraction of sp³-hybridized carbons (Fsp3) is 0.778. The predicted molar refractivity (Wildman–Crippen MR) is 115 cm³/mol. The molecular formula is C18H31IN4OS. The van der Waals surface area contributed by atoms with Gasteiger partial charge in [0.25, 0.3) is 0 Å². The second-order valence-corrected chi connectivity index (χ2v) is 7.99. The monoisotopic (exact) mass is 478 g/mol. The van der Waals surface area contributed by atoms with Gasteiger partial charge in [-0.3, -0.25) is 4.99 Å². The van der Waals surface area contributed by atoms with Gasteiger partial charge in [-0.15, -0.1) is 35.3 Å². The molecule has 0 amide bonds. The molecule has 1 spiro atoms. The van der Waals surface area contributed by atoms with Crippen molar-refractivity contribution in [3.05, 3.63) is 16.1 Å². The number of rotatable bonds is 7. The standard InChI is InChI=1S/C18H30N4OS.HI/c1-4-13-12-21-16(24-13)7-10-20-17(19-3)22-14-11-15(23-5-2)18(14)8-6-9-18;/h12,14-15H,4-11H2,1-3H3,(H2,19,20,22);1H. The summed E-state index contributed by atoms with van der Waals surface area (Å²) in [6.07, 6.45) is 9.45. The Hall–Kier alpha value is -0.410. The molecule has 0 bridgehead atoms. The molecule has 1 heterocycles. The van der Waals surface area contributed by atoms with Crippen LogP contribution in [0.3, 0.4) is 0 Å². The van der Waals surface area contributed by atoms with Crippen molar-refractivity contribution in [3.8, 4) is 0 Å². The summed E-state index contributed by atoms with van der Waals surface area (Å²) in [5, 5.41) is 8.27. The molecule has 1 aromatic rings. The first-order chi connectivity index (χ1) is 11.7. The number of hydrogen-bond acceptors (Lipinski definition) is 4. The Kier molecular flexibility index (Phi) is 7.94. The van der Waals surface area contributed by atoms with Gasteiger partial charge in [-0.1, -0.05) is 13.3 Å². The van der Waals surface area contributed by atoms with Crippen molar-refractivity contribution in [2.24, 2.45) is 10.4 Å². The van der Waals surface area contributed by atoms with E-state index >= 15 is 0 Å². The maximum absolute atomic E-state index is 5.93. The molecule has 0 radical (unpaired) electrons. The number of hydrogen-bond donors (Lipinski definition) is 2. The maximum Gasteiger partial charge on any atom is 0.191 e. The number of thiazole rings is 1. The molecule has 142 valence electrons. The Bertz CT molecular complexity index is 573. The summed E-state index contributed by atoms with van der Waals surface area (Å²) >= 11 is 1.81. The minimum absolute atomic E-state index is 0. The SMILES string of the molecule is CCOC1CC(NC(=NC)NCCc2ncc(CC)s2)C12CCC2.I. The lowest BCUT2D eigenvalue weighted by Crippen LogP contribution is -2.68. The summed E-state index contributed by atoms with van der Waals surface area (Å²) < 4.78 is 5.93. The number of guanidine groups is 1. The molecule has 7 heteroatoms. The summed E-state index contributed by atoms with van der Waals surface area (Å²) in [5.41, 5.74) is 0.360. The lowest BCUT2D eigenvalue weighted by molar-refractivity contribution is -0.168. The van der Waals surface area contributed by atoms with Gasteiger partial charge in [-0.25, -0.2) is 4.98 Å². The minimum Gasteiger partial charge on any atom is -0.378 e. The van der Waals surface area contributed by atoms with Crippen LogP contribution in [0.5, 0.6) is 0 Å². The van der Waals surface area contributed by atoms with Crippen LogP contribution >= 0.6 is 35.3 Å². The van der Waals surface area contributed by atoms with Gasteiger partial charge in [0.05, 0.1) is 11.1 Å². The van der Waals surface area contributed by atoms with Crippen LogP contribution in [0.2, 0.25) is 0 Å². The maximum atomic E-state index is 5.93. The summed E-state index contributed by atoms with van der Waals surface area (Å²) in [6, 6.07) is 0.501. The lowest BCUT2D eigenvalue weighted by Gasteiger charge is -2.61. The highest BCUT2D eigenvalue weighted by molar-refractivity contribution is 14.0. The molecule has 2 saturated carbocycles. The van der Waals surface area contributed by atoms with E-state index in [1.807, 2.05) is 24.6 Å². The number of halogens is 1. The Morgan fingerprint density at radius 3 is 2.80 bits per heavy atom. The average Bonchev–Trinajstić information content (AvgIpc) is 2.98. The highest BCUT2D eigenvalue weighted by atomic mass is 127. The van der Waals surface area contributed by atoms with Crippen LogP contribution in [0.25, 0.3) is 0 Å². The van der Waals surface area contributed by atoms with Gasteiger partial charge in [-0.2, -0.15) is 0 Å². The number of nitrogens with one attached hydrogen (secondary N) is 2. The molecule has 5 nitrogen and oxygen atoms in total. The number of ether oxygens (including phenoxy) is 1. The molecule has 0 aliphatic heterocycles. The fourth-order valence-electron chi connectivity index (χ4n) is 3.92. The van der Waals surface area contributed by atoms with Gasteiger partial charge in [0.2, 0.25) is 0 Å². The molecule has 2 N–H and O–H groups in total. The summed E-state index contributed by atoms with van der Waals surface area (Å²) in [6.45, 7) is 5.95. The molecule has 2 unspecified atom stereocenters. The Labute approximate surface area is 172 Å². The highest BCUT2D eigenvalue weighted by Crippen LogP contribution is 2.57. The van der Waals surface area contributed by atoms with Crippen molar-refractivity contribution in [3.63, 3.8) is 0 Å². The van der Waals surface area contributed by atoms with Crippen molar-refractivity contribution in [2.75, 3.05) is 20.2 Å². The van der Waals surface area contributed by atoms with E-state index in [4.69, 9.17) is 4.74 Å². The number of aryl methyl sites for hydroxylation is 1. The summed E-state index contributed by atoms with van der Waals surface area (Å²) in [4.78, 5) is 10.2. The van der Waals surface area contributed by atoms with Crippen LogP contribution in [-0.4, -0.2) is 43.3 Å². The number of nitrogens with zero attached hydrogens (tertiary/aromatic N) is 2. The van der Waals surface area contributed by atoms with Crippen LogP contribution in [0.4, 0.5) is 0 Å². The van der Waals surface area contributed by atoms with Gasteiger partial charge < -0.3 is 15.4 Å². The third-order valence-corrected chi connectivity index (χ3v) is 6.75. The smallest absolute Gasteiger partial charge is 0.191 e. The van der Waals surface area contributed by atoms with Gasteiger partial charge in [0, 0.05) is 49.2 Å². The summed E-state index contributed by atoms with van der Waals surface area (Å²) in [5.74, 6) is 0.911. The lowest BCUT2D eigenvalue weighted by atomic mass is 9.51. The Morgan fingerprint density at radius 1 is 1.44 bits per heavy atom. The third kappa shape index (κ3) is 4.47. The van der Waals surface area contributed by atoms with Crippen molar-refractivity contribution in [1.82, 2.24) is 15.6 Å². The molecule has 25 heavy (non-hydrogen) atoms. The minimum atomic E-state index is 0. The first-order valence-corrected chi connectivity index (χ1v) is 10.1. The number of aromatic nitrogens is 1. The van der Waals surface area contributed by atoms with Crippen LogP contribution in [-0.2, 0) is 17.6 Å². The molecular weight excluding hydrogens is 447 g/mol. The van der Waals surface area contributed by atoms with Crippen molar-refractivity contribution >= 4 is 41.3 Å². The Balaban J connectivity index is 0.00000225. The molecule has 0 saturated heterocycles. The van der Waals surface area contributed by atoms with Crippen LogP contribution in [0.15, 0.2) is 11.2 Å². The van der Waals surface area contributed by atoms with Crippen molar-refractivity contribution in [2.45, 2.75) is 64.5 Å². The first-order valence-electron chi connectivity index (χ1n) is 9.24. The predicted octanol–water partition coefficient (Wildman–Crippen LogP) is 3.38. The first kappa shape index (κ1) is 20.9. The highest BCUT2D eigenvalue weighted by Gasteiger charge is 2.59. The van der Waals surface area contributed by atoms with Gasteiger partial charge >= 0.3 is 0 Å². The van der Waals surface area contributed by atoms with Crippen LogP contribution in [0.1, 0.15) is 49.4 Å². The molecule has 3 rings (SSSR count). The van der Waals surface area contributed by atoms with E-state index < -0.39 is 0 Å². The van der Waals surface area contributed by atoms with Crippen molar-refractivity contribution < 1.29 is 4.74 Å². The van der Waals surface area contributed by atoms with E-state index in [2.05, 4.69) is 34.5 Å². The van der Waals surface area contributed by atoms with E-state index in [0.29, 0.717) is 17.6 Å². The fourth-order valence-corrected chi connectivity index (χ4v) is 4.78. The zero-order valence-corrected chi connectivity index (χ0v) is 18.7. The normalized spacial score (nSPS) is 24.2. The Morgan fingerprint density at radius 2 is 2.24 bits per heavy atom. The quantitative estimate of drug-likeness (QED) is 0.359. The van der Waals surface area contributed by atoms with E-state index in [1.54, 1.807) is 0 Å². The molecule has 1 aromatic heterocycles. The van der Waals surface area contributed by atoms with E-state index in [0.717, 1.165) is 38.4 Å². The van der Waals surface area contributed by atoms with Gasteiger partial charge in [-0.05, 0) is 32.6 Å². The van der Waals surface area contributed by atoms with Crippen LogP contribution < -0.4 is 10.6 Å². The zero-order valence-electron chi connectivity index (χ0n) is 15.5.